The van der Waals surface area contributed by atoms with Gasteiger partial charge in [-0.25, -0.2) is 0 Å². The first kappa shape index (κ1) is 16.0. The van der Waals surface area contributed by atoms with Crippen molar-refractivity contribution in [2.45, 2.75) is 39.9 Å². The number of hydrogen-bond acceptors (Lipinski definition) is 2. The fourth-order valence-corrected chi connectivity index (χ4v) is 2.28. The van der Waals surface area contributed by atoms with Crippen LogP contribution in [0.5, 0.6) is 0 Å². The summed E-state index contributed by atoms with van der Waals surface area (Å²) in [4.78, 5) is 12.9. The van der Waals surface area contributed by atoms with Gasteiger partial charge in [0.2, 0.25) is 5.91 Å². The zero-order valence-corrected chi connectivity index (χ0v) is 12.1. The minimum Gasteiger partial charge on any atom is -0.329 e. The molecule has 1 rings (SSSR count). The normalized spacial score (nSPS) is 12.5. The third-order valence-electron chi connectivity index (χ3n) is 2.36. The van der Waals surface area contributed by atoms with E-state index in [-0.39, 0.29) is 18.4 Å². The molecule has 0 aliphatic carbocycles. The van der Waals surface area contributed by atoms with Crippen LogP contribution in [0.2, 0.25) is 0 Å². The summed E-state index contributed by atoms with van der Waals surface area (Å²) in [6, 6.07) is 1.73. The van der Waals surface area contributed by atoms with Crippen molar-refractivity contribution in [2.75, 3.05) is 6.54 Å². The van der Waals surface area contributed by atoms with Crippen LogP contribution in [-0.4, -0.2) is 23.5 Å². The molecule has 0 saturated heterocycles. The lowest BCUT2D eigenvalue weighted by Crippen LogP contribution is -2.39. The van der Waals surface area contributed by atoms with Gasteiger partial charge in [0.1, 0.15) is 6.54 Å². The number of alkyl halides is 3. The number of carbonyl (C=O) groups is 1. The Morgan fingerprint density at radius 1 is 1.32 bits per heavy atom. The summed E-state index contributed by atoms with van der Waals surface area (Å²) >= 11 is 1.41. The zero-order chi connectivity index (χ0) is 14.7. The van der Waals surface area contributed by atoms with Gasteiger partial charge in [-0.05, 0) is 27.8 Å². The van der Waals surface area contributed by atoms with Gasteiger partial charge >= 0.3 is 6.18 Å². The molecule has 0 aromatic carbocycles. The van der Waals surface area contributed by atoms with Crippen LogP contribution in [0.1, 0.15) is 32.8 Å². The predicted molar refractivity (Wildman–Crippen MR) is 69.9 cm³/mol. The second-order valence-electron chi connectivity index (χ2n) is 5.73. The van der Waals surface area contributed by atoms with E-state index in [9.17, 15) is 18.0 Å². The third-order valence-corrected chi connectivity index (χ3v) is 3.09. The standard InChI is InChI=1S/C13H18F3NOS/c1-12(2,3)6-11(18)17(9-13(14,15)16)7-10-4-5-19-8-10/h4-5,8H,6-7,9H2,1-3H3. The Morgan fingerprint density at radius 2 is 1.95 bits per heavy atom. The van der Waals surface area contributed by atoms with Crippen LogP contribution in [0, 0.1) is 5.41 Å². The number of amides is 1. The molecule has 1 amide bonds. The summed E-state index contributed by atoms with van der Waals surface area (Å²) in [6.07, 6.45) is -4.27. The number of hydrogen-bond donors (Lipinski definition) is 0. The first-order chi connectivity index (χ1) is 8.57. The minimum absolute atomic E-state index is 0.0118. The van der Waals surface area contributed by atoms with Crippen molar-refractivity contribution in [1.29, 1.82) is 0 Å². The molecule has 19 heavy (non-hydrogen) atoms. The van der Waals surface area contributed by atoms with Crippen molar-refractivity contribution in [3.8, 4) is 0 Å². The number of carbonyl (C=O) groups excluding carboxylic acids is 1. The highest BCUT2D eigenvalue weighted by atomic mass is 32.1. The fourth-order valence-electron chi connectivity index (χ4n) is 1.62. The van der Waals surface area contributed by atoms with Crippen molar-refractivity contribution in [2.24, 2.45) is 5.41 Å². The molecular weight excluding hydrogens is 275 g/mol. The maximum absolute atomic E-state index is 12.5. The fraction of sp³-hybridized carbons (Fsp3) is 0.615. The van der Waals surface area contributed by atoms with E-state index in [0.717, 1.165) is 10.5 Å². The van der Waals surface area contributed by atoms with Crippen LogP contribution in [0.15, 0.2) is 16.8 Å². The first-order valence-electron chi connectivity index (χ1n) is 5.92. The molecule has 0 aliphatic rings. The van der Waals surface area contributed by atoms with Gasteiger partial charge in [-0.2, -0.15) is 24.5 Å². The number of halogens is 3. The van der Waals surface area contributed by atoms with Gasteiger partial charge in [-0.15, -0.1) is 0 Å². The molecule has 1 heterocycles. The molecule has 0 aliphatic heterocycles. The highest BCUT2D eigenvalue weighted by Crippen LogP contribution is 2.24. The molecule has 0 radical (unpaired) electrons. The average Bonchev–Trinajstić information content (AvgIpc) is 2.64. The van der Waals surface area contributed by atoms with Crippen molar-refractivity contribution >= 4 is 17.2 Å². The van der Waals surface area contributed by atoms with Crippen LogP contribution < -0.4 is 0 Å². The Balaban J connectivity index is 2.77. The molecule has 2 nitrogen and oxygen atoms in total. The molecular formula is C13H18F3NOS. The summed E-state index contributed by atoms with van der Waals surface area (Å²) in [5.74, 6) is -0.462. The van der Waals surface area contributed by atoms with Crippen molar-refractivity contribution in [3.63, 3.8) is 0 Å². The summed E-state index contributed by atoms with van der Waals surface area (Å²) in [5, 5.41) is 3.54. The summed E-state index contributed by atoms with van der Waals surface area (Å²) in [7, 11) is 0. The molecule has 108 valence electrons. The topological polar surface area (TPSA) is 20.3 Å². The van der Waals surface area contributed by atoms with E-state index in [4.69, 9.17) is 0 Å². The molecule has 1 aromatic rings. The number of nitrogens with zero attached hydrogens (tertiary/aromatic N) is 1. The lowest BCUT2D eigenvalue weighted by molar-refractivity contribution is -0.163. The Labute approximate surface area is 115 Å². The van der Waals surface area contributed by atoms with Crippen molar-refractivity contribution in [3.05, 3.63) is 22.4 Å². The SMILES string of the molecule is CC(C)(C)CC(=O)N(Cc1ccsc1)CC(F)(F)F. The maximum atomic E-state index is 12.5. The van der Waals surface area contributed by atoms with Crippen molar-refractivity contribution < 1.29 is 18.0 Å². The summed E-state index contributed by atoms with van der Waals surface area (Å²) in [6.45, 7) is 4.32. The molecule has 0 saturated carbocycles. The van der Waals surface area contributed by atoms with Crippen LogP contribution in [0.3, 0.4) is 0 Å². The first-order valence-corrected chi connectivity index (χ1v) is 6.87. The molecule has 0 spiro atoms. The lowest BCUT2D eigenvalue weighted by Gasteiger charge is -2.27. The monoisotopic (exact) mass is 293 g/mol. The van der Waals surface area contributed by atoms with Gasteiger partial charge in [0, 0.05) is 13.0 Å². The smallest absolute Gasteiger partial charge is 0.329 e. The molecule has 0 atom stereocenters. The second-order valence-corrected chi connectivity index (χ2v) is 6.51. The Kier molecular flexibility index (Phi) is 5.01. The molecule has 6 heteroatoms. The molecule has 0 unspecified atom stereocenters. The second kappa shape index (κ2) is 5.94. The Hall–Kier alpha value is -1.04. The van der Waals surface area contributed by atoms with E-state index < -0.39 is 18.6 Å². The number of thiophene rings is 1. The highest BCUT2D eigenvalue weighted by molar-refractivity contribution is 7.07. The molecule has 0 bridgehead atoms. The van der Waals surface area contributed by atoms with E-state index in [1.165, 1.54) is 11.3 Å². The molecule has 1 aromatic heterocycles. The predicted octanol–water partition coefficient (Wildman–Crippen LogP) is 4.08. The Morgan fingerprint density at radius 3 is 2.37 bits per heavy atom. The van der Waals surface area contributed by atoms with E-state index in [1.54, 1.807) is 16.8 Å². The number of rotatable bonds is 4. The molecule has 0 fully saturated rings. The average molecular weight is 293 g/mol. The quantitative estimate of drug-likeness (QED) is 0.819. The maximum Gasteiger partial charge on any atom is 0.406 e. The van der Waals surface area contributed by atoms with Gasteiger partial charge in [-0.3, -0.25) is 4.79 Å². The van der Waals surface area contributed by atoms with Crippen LogP contribution in [0.25, 0.3) is 0 Å². The van der Waals surface area contributed by atoms with Crippen LogP contribution in [-0.2, 0) is 11.3 Å². The van der Waals surface area contributed by atoms with Gasteiger partial charge in [0.25, 0.3) is 0 Å². The Bertz CT molecular complexity index is 407. The van der Waals surface area contributed by atoms with E-state index in [0.29, 0.717) is 0 Å². The van der Waals surface area contributed by atoms with Gasteiger partial charge in [0.15, 0.2) is 0 Å². The summed E-state index contributed by atoms with van der Waals surface area (Å²) < 4.78 is 37.6. The minimum atomic E-state index is -4.37. The zero-order valence-electron chi connectivity index (χ0n) is 11.3. The van der Waals surface area contributed by atoms with E-state index in [1.807, 2.05) is 20.8 Å². The third kappa shape index (κ3) is 6.61. The highest BCUT2D eigenvalue weighted by Gasteiger charge is 2.34. The van der Waals surface area contributed by atoms with Gasteiger partial charge in [-0.1, -0.05) is 20.8 Å². The van der Waals surface area contributed by atoms with Gasteiger partial charge < -0.3 is 4.90 Å². The van der Waals surface area contributed by atoms with Crippen molar-refractivity contribution in [1.82, 2.24) is 4.90 Å². The van der Waals surface area contributed by atoms with Crippen LogP contribution >= 0.6 is 11.3 Å². The summed E-state index contributed by atoms with van der Waals surface area (Å²) in [5.41, 5.74) is 0.409. The van der Waals surface area contributed by atoms with E-state index >= 15 is 0 Å². The van der Waals surface area contributed by atoms with Gasteiger partial charge in [0.05, 0.1) is 0 Å². The van der Waals surface area contributed by atoms with Crippen LogP contribution in [0.4, 0.5) is 13.2 Å². The largest absolute Gasteiger partial charge is 0.406 e. The van der Waals surface area contributed by atoms with E-state index in [2.05, 4.69) is 0 Å². The lowest BCUT2D eigenvalue weighted by atomic mass is 9.91. The molecule has 0 N–H and O–H groups in total.